The van der Waals surface area contributed by atoms with Crippen LogP contribution in [0, 0.1) is 19.7 Å². The van der Waals surface area contributed by atoms with E-state index in [0.29, 0.717) is 23.4 Å². The first kappa shape index (κ1) is 13.1. The van der Waals surface area contributed by atoms with Gasteiger partial charge < -0.3 is 5.32 Å². The van der Waals surface area contributed by atoms with Crippen molar-refractivity contribution in [3.8, 4) is 0 Å². The molecule has 2 rings (SSSR count). The van der Waals surface area contributed by atoms with Gasteiger partial charge in [-0.15, -0.1) is 0 Å². The van der Waals surface area contributed by atoms with Crippen LogP contribution in [0.5, 0.6) is 0 Å². The van der Waals surface area contributed by atoms with E-state index in [4.69, 9.17) is 0 Å². The molecule has 1 heterocycles. The summed E-state index contributed by atoms with van der Waals surface area (Å²) in [6.45, 7) is 3.76. The lowest BCUT2D eigenvalue weighted by Gasteiger charge is -2.06. The molecule has 0 fully saturated rings. The van der Waals surface area contributed by atoms with Crippen molar-refractivity contribution in [2.24, 2.45) is 0 Å². The smallest absolute Gasteiger partial charge is 0.251 e. The Labute approximate surface area is 110 Å². The van der Waals surface area contributed by atoms with Crippen LogP contribution >= 0.6 is 0 Å². The van der Waals surface area contributed by atoms with Gasteiger partial charge in [0, 0.05) is 11.8 Å². The van der Waals surface area contributed by atoms with Gasteiger partial charge in [-0.25, -0.2) is 4.39 Å². The normalized spacial score (nSPS) is 10.3. The molecule has 0 bridgehead atoms. The number of carbonyl (C=O) groups is 1. The molecule has 0 saturated carbocycles. The molecule has 0 aliphatic carbocycles. The van der Waals surface area contributed by atoms with Crippen LogP contribution in [-0.4, -0.2) is 15.9 Å². The second kappa shape index (κ2) is 5.56. The molecule has 19 heavy (non-hydrogen) atoms. The first-order valence-corrected chi connectivity index (χ1v) is 5.88. The van der Waals surface area contributed by atoms with E-state index in [1.165, 1.54) is 18.2 Å². The van der Waals surface area contributed by atoms with Crippen molar-refractivity contribution in [1.29, 1.82) is 0 Å². The van der Waals surface area contributed by atoms with Gasteiger partial charge in [0.15, 0.2) is 0 Å². The van der Waals surface area contributed by atoms with E-state index in [1.807, 2.05) is 6.92 Å². The number of carbonyl (C=O) groups excluding carboxylic acids is 1. The quantitative estimate of drug-likeness (QED) is 0.919. The van der Waals surface area contributed by atoms with E-state index >= 15 is 0 Å². The molecular weight excluding hydrogens is 245 g/mol. The summed E-state index contributed by atoms with van der Waals surface area (Å²) in [7, 11) is 0. The highest BCUT2D eigenvalue weighted by molar-refractivity contribution is 5.94. The molecule has 0 saturated heterocycles. The predicted octanol–water partition coefficient (Wildman–Crippen LogP) is 2.16. The van der Waals surface area contributed by atoms with Crippen molar-refractivity contribution < 1.29 is 9.18 Å². The lowest BCUT2D eigenvalue weighted by Crippen LogP contribution is -2.23. The number of amides is 1. The predicted molar refractivity (Wildman–Crippen MR) is 69.1 cm³/mol. The summed E-state index contributed by atoms with van der Waals surface area (Å²) in [4.78, 5) is 20.1. The van der Waals surface area contributed by atoms with Crippen molar-refractivity contribution >= 4 is 5.91 Å². The monoisotopic (exact) mass is 259 g/mol. The zero-order chi connectivity index (χ0) is 13.8. The first-order chi connectivity index (χ1) is 9.06. The van der Waals surface area contributed by atoms with Gasteiger partial charge in [-0.05, 0) is 37.6 Å². The van der Waals surface area contributed by atoms with E-state index in [1.54, 1.807) is 19.3 Å². The molecule has 0 atom stereocenters. The van der Waals surface area contributed by atoms with Crippen molar-refractivity contribution in [3.05, 3.63) is 58.9 Å². The van der Waals surface area contributed by atoms with Crippen molar-refractivity contribution in [2.45, 2.75) is 20.4 Å². The Morgan fingerprint density at radius 1 is 1.26 bits per heavy atom. The third-order valence-corrected chi connectivity index (χ3v) is 2.68. The summed E-state index contributed by atoms with van der Waals surface area (Å²) in [5.41, 5.74) is 2.38. The van der Waals surface area contributed by atoms with Gasteiger partial charge in [0.25, 0.3) is 5.91 Å². The Morgan fingerprint density at radius 3 is 2.68 bits per heavy atom. The third-order valence-electron chi connectivity index (χ3n) is 2.68. The fourth-order valence-electron chi connectivity index (χ4n) is 1.57. The maximum atomic E-state index is 13.1. The van der Waals surface area contributed by atoms with Gasteiger partial charge in [0.05, 0.1) is 24.1 Å². The van der Waals surface area contributed by atoms with Gasteiger partial charge in [-0.1, -0.05) is 0 Å². The van der Waals surface area contributed by atoms with Crippen LogP contribution in [0.3, 0.4) is 0 Å². The fourth-order valence-corrected chi connectivity index (χ4v) is 1.57. The average molecular weight is 259 g/mol. The number of hydrogen-bond acceptors (Lipinski definition) is 3. The van der Waals surface area contributed by atoms with Crippen LogP contribution in [0.2, 0.25) is 0 Å². The molecule has 0 aliphatic rings. The number of aryl methyl sites for hydroxylation is 2. The summed E-state index contributed by atoms with van der Waals surface area (Å²) >= 11 is 0. The molecule has 5 heteroatoms. The lowest BCUT2D eigenvalue weighted by atomic mass is 10.1. The van der Waals surface area contributed by atoms with Gasteiger partial charge in [-0.3, -0.25) is 14.8 Å². The average Bonchev–Trinajstić information content (AvgIpc) is 2.41. The summed E-state index contributed by atoms with van der Waals surface area (Å²) in [6, 6.07) is 4.26. The number of nitrogens with one attached hydrogen (secondary N) is 1. The van der Waals surface area contributed by atoms with Crippen LogP contribution in [0.1, 0.15) is 27.3 Å². The minimum Gasteiger partial charge on any atom is -0.346 e. The number of halogens is 1. The van der Waals surface area contributed by atoms with Crippen LogP contribution < -0.4 is 5.32 Å². The summed E-state index contributed by atoms with van der Waals surface area (Å²) in [5, 5.41) is 2.72. The van der Waals surface area contributed by atoms with E-state index < -0.39 is 0 Å². The first-order valence-electron chi connectivity index (χ1n) is 5.88. The second-order valence-corrected chi connectivity index (χ2v) is 4.30. The van der Waals surface area contributed by atoms with E-state index in [0.717, 1.165) is 5.69 Å². The highest BCUT2D eigenvalue weighted by atomic mass is 19.1. The Bertz CT molecular complexity index is 596. The van der Waals surface area contributed by atoms with Crippen LogP contribution in [0.15, 0.2) is 30.6 Å². The number of aromatic nitrogens is 2. The highest BCUT2D eigenvalue weighted by Crippen LogP contribution is 2.09. The summed E-state index contributed by atoms with van der Waals surface area (Å²) in [6.07, 6.45) is 3.26. The third kappa shape index (κ3) is 3.34. The summed E-state index contributed by atoms with van der Waals surface area (Å²) in [5.74, 6) is -0.577. The van der Waals surface area contributed by atoms with Gasteiger partial charge in [-0.2, -0.15) is 0 Å². The van der Waals surface area contributed by atoms with Crippen molar-refractivity contribution in [3.63, 3.8) is 0 Å². The van der Waals surface area contributed by atoms with Gasteiger partial charge in [0.2, 0.25) is 0 Å². The largest absolute Gasteiger partial charge is 0.346 e. The Balaban J connectivity index is 2.01. The van der Waals surface area contributed by atoms with Crippen LogP contribution in [-0.2, 0) is 6.54 Å². The number of nitrogens with zero attached hydrogens (tertiary/aromatic N) is 2. The fraction of sp³-hybridized carbons (Fsp3) is 0.214. The zero-order valence-electron chi connectivity index (χ0n) is 10.8. The molecule has 4 nitrogen and oxygen atoms in total. The molecule has 0 aliphatic heterocycles. The molecule has 0 unspecified atom stereocenters. The SMILES string of the molecule is Cc1cnc(CNC(=O)c2ccc(F)c(C)c2)cn1. The number of rotatable bonds is 3. The van der Waals surface area contributed by atoms with Crippen molar-refractivity contribution in [2.75, 3.05) is 0 Å². The maximum absolute atomic E-state index is 13.1. The Kier molecular flexibility index (Phi) is 3.85. The Hall–Kier alpha value is -2.30. The standard InChI is InChI=1S/C14H14FN3O/c1-9-5-11(3-4-13(9)15)14(19)18-8-12-7-16-10(2)6-17-12/h3-7H,8H2,1-2H3,(H,18,19). The molecule has 1 N–H and O–H groups in total. The van der Waals surface area contributed by atoms with E-state index in [9.17, 15) is 9.18 Å². The van der Waals surface area contributed by atoms with E-state index in [2.05, 4.69) is 15.3 Å². The molecule has 1 aromatic carbocycles. The second-order valence-electron chi connectivity index (χ2n) is 4.30. The molecule has 1 aromatic heterocycles. The molecular formula is C14H14FN3O. The lowest BCUT2D eigenvalue weighted by molar-refractivity contribution is 0.0950. The number of benzene rings is 1. The highest BCUT2D eigenvalue weighted by Gasteiger charge is 2.07. The van der Waals surface area contributed by atoms with Crippen LogP contribution in [0.25, 0.3) is 0 Å². The minimum atomic E-state index is -0.319. The molecule has 2 aromatic rings. The maximum Gasteiger partial charge on any atom is 0.251 e. The number of hydrogen-bond donors (Lipinski definition) is 1. The van der Waals surface area contributed by atoms with Gasteiger partial charge in [0.1, 0.15) is 5.82 Å². The molecule has 0 spiro atoms. The molecule has 98 valence electrons. The summed E-state index contributed by atoms with van der Waals surface area (Å²) < 4.78 is 13.1. The Morgan fingerprint density at radius 2 is 2.05 bits per heavy atom. The molecule has 0 radical (unpaired) electrons. The minimum absolute atomic E-state index is 0.259. The zero-order valence-corrected chi connectivity index (χ0v) is 10.8. The van der Waals surface area contributed by atoms with Crippen molar-refractivity contribution in [1.82, 2.24) is 15.3 Å². The van der Waals surface area contributed by atoms with Crippen LogP contribution in [0.4, 0.5) is 4.39 Å². The van der Waals surface area contributed by atoms with E-state index in [-0.39, 0.29) is 11.7 Å². The topological polar surface area (TPSA) is 54.9 Å². The van der Waals surface area contributed by atoms with Gasteiger partial charge >= 0.3 is 0 Å². The molecule has 1 amide bonds.